The van der Waals surface area contributed by atoms with E-state index >= 15 is 0 Å². The van der Waals surface area contributed by atoms with Crippen LogP contribution in [0.1, 0.15) is 11.6 Å². The molecule has 4 nitrogen and oxygen atoms in total. The van der Waals surface area contributed by atoms with E-state index in [4.69, 9.17) is 5.73 Å². The van der Waals surface area contributed by atoms with Gasteiger partial charge in [-0.2, -0.15) is 4.39 Å². The fraction of sp³-hybridized carbons (Fsp3) is 0.222. The number of ether oxygens (including phenoxy) is 1. The summed E-state index contributed by atoms with van der Waals surface area (Å²) in [6, 6.07) is 0.452. The van der Waals surface area contributed by atoms with E-state index < -0.39 is 29.4 Å². The Morgan fingerprint density at radius 1 is 1.53 bits per heavy atom. The van der Waals surface area contributed by atoms with Gasteiger partial charge in [0.2, 0.25) is 5.82 Å². The summed E-state index contributed by atoms with van der Waals surface area (Å²) >= 11 is 0. The second-order valence-electron chi connectivity index (χ2n) is 2.80. The predicted molar refractivity (Wildman–Crippen MR) is 47.0 cm³/mol. The minimum Gasteiger partial charge on any atom is -0.504 e. The number of hydrogen-bond donors (Lipinski definition) is 2. The molecular formula is C9H9F2NO3. The van der Waals surface area contributed by atoms with Crippen LogP contribution in [0.5, 0.6) is 5.75 Å². The number of carbonyl (C=O) groups is 1. The Kier molecular flexibility index (Phi) is 3.21. The number of carbonyl (C=O) groups excluding carboxylic acids is 1. The SMILES string of the molecule is COC(=O)[C@@H](N)c1ccc(F)c(F)c1O. The number of halogens is 2. The number of hydrogen-bond acceptors (Lipinski definition) is 4. The summed E-state index contributed by atoms with van der Waals surface area (Å²) in [4.78, 5) is 11.0. The molecule has 0 spiro atoms. The first kappa shape index (κ1) is 11.4. The molecule has 1 rings (SSSR count). The van der Waals surface area contributed by atoms with Crippen molar-refractivity contribution in [2.45, 2.75) is 6.04 Å². The number of methoxy groups -OCH3 is 1. The molecular weight excluding hydrogens is 208 g/mol. The number of nitrogens with two attached hydrogens (primary N) is 1. The molecule has 15 heavy (non-hydrogen) atoms. The maximum Gasteiger partial charge on any atom is 0.327 e. The van der Waals surface area contributed by atoms with E-state index in [1.54, 1.807) is 0 Å². The molecule has 0 aliphatic carbocycles. The van der Waals surface area contributed by atoms with Gasteiger partial charge in [0.25, 0.3) is 0 Å². The van der Waals surface area contributed by atoms with E-state index in [1.807, 2.05) is 0 Å². The number of aromatic hydroxyl groups is 1. The van der Waals surface area contributed by atoms with Gasteiger partial charge in [-0.25, -0.2) is 4.39 Å². The Hall–Kier alpha value is -1.69. The highest BCUT2D eigenvalue weighted by molar-refractivity contribution is 5.78. The van der Waals surface area contributed by atoms with Gasteiger partial charge in [-0.15, -0.1) is 0 Å². The molecule has 0 aliphatic heterocycles. The zero-order valence-corrected chi connectivity index (χ0v) is 7.83. The Bertz CT molecular complexity index is 395. The van der Waals surface area contributed by atoms with E-state index in [0.29, 0.717) is 0 Å². The van der Waals surface area contributed by atoms with Gasteiger partial charge in [0.1, 0.15) is 6.04 Å². The van der Waals surface area contributed by atoms with Gasteiger partial charge in [0.15, 0.2) is 11.6 Å². The van der Waals surface area contributed by atoms with Crippen LogP contribution in [0, 0.1) is 11.6 Å². The molecule has 6 heteroatoms. The summed E-state index contributed by atoms with van der Waals surface area (Å²) in [7, 11) is 1.10. The van der Waals surface area contributed by atoms with Crippen LogP contribution in [0.4, 0.5) is 8.78 Å². The molecule has 0 fully saturated rings. The molecule has 3 N–H and O–H groups in total. The van der Waals surface area contributed by atoms with E-state index in [-0.39, 0.29) is 5.56 Å². The molecule has 0 saturated carbocycles. The zero-order valence-electron chi connectivity index (χ0n) is 7.83. The van der Waals surface area contributed by atoms with Crippen molar-refractivity contribution in [2.75, 3.05) is 7.11 Å². The van der Waals surface area contributed by atoms with E-state index in [0.717, 1.165) is 19.2 Å². The van der Waals surface area contributed by atoms with Crippen LogP contribution in [0.3, 0.4) is 0 Å². The molecule has 1 atom stereocenters. The highest BCUT2D eigenvalue weighted by Gasteiger charge is 2.23. The monoisotopic (exact) mass is 217 g/mol. The summed E-state index contributed by atoms with van der Waals surface area (Å²) in [6.07, 6.45) is 0. The molecule has 0 bridgehead atoms. The number of phenolic OH excluding ortho intramolecular Hbond substituents is 1. The fourth-order valence-electron chi connectivity index (χ4n) is 1.06. The molecule has 0 heterocycles. The molecule has 0 aliphatic rings. The lowest BCUT2D eigenvalue weighted by molar-refractivity contribution is -0.142. The van der Waals surface area contributed by atoms with Crippen molar-refractivity contribution in [3.63, 3.8) is 0 Å². The molecule has 82 valence electrons. The van der Waals surface area contributed by atoms with Crippen LogP contribution < -0.4 is 5.73 Å². The topological polar surface area (TPSA) is 72.5 Å². The van der Waals surface area contributed by atoms with Crippen molar-refractivity contribution >= 4 is 5.97 Å². The third kappa shape index (κ3) is 2.04. The second kappa shape index (κ2) is 4.22. The molecule has 0 saturated heterocycles. The van der Waals surface area contributed by atoms with Crippen molar-refractivity contribution < 1.29 is 23.4 Å². The predicted octanol–water partition coefficient (Wildman–Crippen LogP) is 0.843. The molecule has 0 radical (unpaired) electrons. The van der Waals surface area contributed by atoms with E-state index in [9.17, 15) is 18.7 Å². The Balaban J connectivity index is 3.16. The van der Waals surface area contributed by atoms with Gasteiger partial charge in [0.05, 0.1) is 7.11 Å². The minimum absolute atomic E-state index is 0.222. The van der Waals surface area contributed by atoms with Crippen LogP contribution >= 0.6 is 0 Å². The summed E-state index contributed by atoms with van der Waals surface area (Å²) < 4.78 is 29.8. The second-order valence-corrected chi connectivity index (χ2v) is 2.80. The third-order valence-corrected chi connectivity index (χ3v) is 1.89. The summed E-state index contributed by atoms with van der Waals surface area (Å²) in [6.45, 7) is 0. The largest absolute Gasteiger partial charge is 0.504 e. The molecule has 0 aromatic heterocycles. The van der Waals surface area contributed by atoms with E-state index in [1.165, 1.54) is 0 Å². The average molecular weight is 217 g/mol. The zero-order chi connectivity index (χ0) is 11.6. The fourth-order valence-corrected chi connectivity index (χ4v) is 1.06. The highest BCUT2D eigenvalue weighted by Crippen LogP contribution is 2.27. The normalized spacial score (nSPS) is 12.3. The Labute approximate surface area is 84.3 Å². The maximum absolute atomic E-state index is 12.9. The van der Waals surface area contributed by atoms with Crippen LogP contribution in [-0.2, 0) is 9.53 Å². The van der Waals surface area contributed by atoms with Gasteiger partial charge < -0.3 is 15.6 Å². The number of esters is 1. The molecule has 0 unspecified atom stereocenters. The number of phenols is 1. The molecule has 0 amide bonds. The maximum atomic E-state index is 12.9. The minimum atomic E-state index is -1.44. The van der Waals surface area contributed by atoms with Crippen molar-refractivity contribution in [1.82, 2.24) is 0 Å². The van der Waals surface area contributed by atoms with Gasteiger partial charge in [-0.1, -0.05) is 6.07 Å². The van der Waals surface area contributed by atoms with E-state index in [2.05, 4.69) is 4.74 Å². The van der Waals surface area contributed by atoms with Crippen molar-refractivity contribution in [2.24, 2.45) is 5.73 Å². The molecule has 1 aromatic rings. The number of benzene rings is 1. The summed E-state index contributed by atoms with van der Waals surface area (Å²) in [5.41, 5.74) is 5.12. The van der Waals surface area contributed by atoms with Crippen LogP contribution in [0.15, 0.2) is 12.1 Å². The first-order valence-corrected chi connectivity index (χ1v) is 3.99. The quantitative estimate of drug-likeness (QED) is 0.720. The van der Waals surface area contributed by atoms with Gasteiger partial charge in [-0.05, 0) is 6.07 Å². The number of rotatable bonds is 2. The first-order valence-electron chi connectivity index (χ1n) is 3.99. The van der Waals surface area contributed by atoms with Crippen molar-refractivity contribution in [3.8, 4) is 5.75 Å². The summed E-state index contributed by atoms with van der Waals surface area (Å²) in [5, 5.41) is 9.19. The lowest BCUT2D eigenvalue weighted by Gasteiger charge is -2.11. The smallest absolute Gasteiger partial charge is 0.327 e. The summed E-state index contributed by atoms with van der Waals surface area (Å²) in [5.74, 6) is -4.48. The lowest BCUT2D eigenvalue weighted by Crippen LogP contribution is -2.23. The van der Waals surface area contributed by atoms with Crippen LogP contribution in [0.25, 0.3) is 0 Å². The van der Waals surface area contributed by atoms with Crippen LogP contribution in [-0.4, -0.2) is 18.2 Å². The lowest BCUT2D eigenvalue weighted by atomic mass is 10.1. The third-order valence-electron chi connectivity index (χ3n) is 1.89. The Morgan fingerprint density at radius 3 is 2.67 bits per heavy atom. The van der Waals surface area contributed by atoms with Gasteiger partial charge in [-0.3, -0.25) is 4.79 Å². The van der Waals surface area contributed by atoms with Gasteiger partial charge in [0, 0.05) is 5.56 Å². The van der Waals surface area contributed by atoms with Crippen molar-refractivity contribution in [3.05, 3.63) is 29.3 Å². The average Bonchev–Trinajstić information content (AvgIpc) is 2.24. The molecule has 1 aromatic carbocycles. The first-order chi connectivity index (χ1) is 6.99. The standard InChI is InChI=1S/C9H9F2NO3/c1-15-9(14)7(12)4-2-3-5(10)6(11)8(4)13/h2-3,7,13H,12H2,1H3/t7-/m0/s1. The Morgan fingerprint density at radius 2 is 2.13 bits per heavy atom. The van der Waals surface area contributed by atoms with Crippen LogP contribution in [0.2, 0.25) is 0 Å². The van der Waals surface area contributed by atoms with Gasteiger partial charge >= 0.3 is 5.97 Å². The van der Waals surface area contributed by atoms with Crippen molar-refractivity contribution in [1.29, 1.82) is 0 Å². The highest BCUT2D eigenvalue weighted by atomic mass is 19.2.